The van der Waals surface area contributed by atoms with E-state index < -0.39 is 17.5 Å². The van der Waals surface area contributed by atoms with Crippen molar-refractivity contribution in [1.82, 2.24) is 0 Å². The van der Waals surface area contributed by atoms with Crippen LogP contribution in [-0.2, 0) is 6.54 Å². The molecule has 0 spiro atoms. The standard InChI is InChI=1S/C13H8Cl2F3N/c14-8-2-1-7(5-9(8)15)6-19-11-4-3-10(16)12(17)13(11)18/h1-5,19H,6H2. The van der Waals surface area contributed by atoms with E-state index in [0.29, 0.717) is 10.0 Å². The third-order valence-electron chi connectivity index (χ3n) is 2.50. The molecule has 0 fully saturated rings. The number of rotatable bonds is 3. The van der Waals surface area contributed by atoms with E-state index in [-0.39, 0.29) is 12.2 Å². The zero-order valence-corrected chi connectivity index (χ0v) is 11.0. The highest BCUT2D eigenvalue weighted by atomic mass is 35.5. The van der Waals surface area contributed by atoms with Crippen LogP contribution < -0.4 is 5.32 Å². The first-order chi connectivity index (χ1) is 8.99. The molecule has 2 aromatic rings. The van der Waals surface area contributed by atoms with Gasteiger partial charge in [-0.2, -0.15) is 0 Å². The van der Waals surface area contributed by atoms with E-state index in [1.54, 1.807) is 18.2 Å². The second-order valence-corrected chi connectivity index (χ2v) is 4.64. The van der Waals surface area contributed by atoms with Crippen molar-refractivity contribution in [2.24, 2.45) is 0 Å². The quantitative estimate of drug-likeness (QED) is 0.785. The van der Waals surface area contributed by atoms with Gasteiger partial charge in [0, 0.05) is 6.54 Å². The Kier molecular flexibility index (Phi) is 4.22. The number of nitrogens with one attached hydrogen (secondary N) is 1. The summed E-state index contributed by atoms with van der Waals surface area (Å²) in [5.74, 6) is -3.98. The molecule has 0 radical (unpaired) electrons. The number of anilines is 1. The van der Waals surface area contributed by atoms with Gasteiger partial charge in [-0.3, -0.25) is 0 Å². The van der Waals surface area contributed by atoms with Crippen molar-refractivity contribution in [3.05, 3.63) is 63.4 Å². The summed E-state index contributed by atoms with van der Waals surface area (Å²) in [5.41, 5.74) is 0.614. The fourth-order valence-electron chi connectivity index (χ4n) is 1.51. The Labute approximate surface area is 118 Å². The predicted molar refractivity (Wildman–Crippen MR) is 70.1 cm³/mol. The second-order valence-electron chi connectivity index (χ2n) is 3.82. The molecule has 1 nitrogen and oxygen atoms in total. The van der Waals surface area contributed by atoms with Gasteiger partial charge in [0.15, 0.2) is 17.5 Å². The van der Waals surface area contributed by atoms with E-state index in [1.807, 2.05) is 0 Å². The zero-order valence-electron chi connectivity index (χ0n) is 9.48. The van der Waals surface area contributed by atoms with Crippen LogP contribution in [0.15, 0.2) is 30.3 Å². The van der Waals surface area contributed by atoms with E-state index in [0.717, 1.165) is 17.7 Å². The summed E-state index contributed by atoms with van der Waals surface area (Å²) in [7, 11) is 0. The molecule has 0 aliphatic heterocycles. The van der Waals surface area contributed by atoms with Crippen molar-refractivity contribution in [2.75, 3.05) is 5.32 Å². The maximum absolute atomic E-state index is 13.4. The summed E-state index contributed by atoms with van der Waals surface area (Å²) in [6, 6.07) is 6.89. The predicted octanol–water partition coefficient (Wildman–Crippen LogP) is 5.02. The third kappa shape index (κ3) is 3.14. The lowest BCUT2D eigenvalue weighted by atomic mass is 10.2. The molecule has 0 saturated carbocycles. The zero-order chi connectivity index (χ0) is 14.0. The van der Waals surface area contributed by atoms with Gasteiger partial charge in [-0.1, -0.05) is 29.3 Å². The van der Waals surface area contributed by atoms with Gasteiger partial charge in [0.05, 0.1) is 15.7 Å². The molecule has 0 amide bonds. The summed E-state index contributed by atoms with van der Waals surface area (Å²) < 4.78 is 39.1. The van der Waals surface area contributed by atoms with Crippen LogP contribution in [-0.4, -0.2) is 0 Å². The van der Waals surface area contributed by atoms with Crippen molar-refractivity contribution in [3.8, 4) is 0 Å². The monoisotopic (exact) mass is 305 g/mol. The summed E-state index contributed by atoms with van der Waals surface area (Å²) >= 11 is 11.6. The molecular formula is C13H8Cl2F3N. The number of hydrogen-bond donors (Lipinski definition) is 1. The van der Waals surface area contributed by atoms with E-state index in [1.165, 1.54) is 0 Å². The van der Waals surface area contributed by atoms with Gasteiger partial charge < -0.3 is 5.32 Å². The summed E-state index contributed by atoms with van der Waals surface area (Å²) in [4.78, 5) is 0. The lowest BCUT2D eigenvalue weighted by Gasteiger charge is -2.09. The molecule has 0 aliphatic rings. The lowest BCUT2D eigenvalue weighted by molar-refractivity contribution is 0.449. The van der Waals surface area contributed by atoms with E-state index in [2.05, 4.69) is 5.32 Å². The van der Waals surface area contributed by atoms with Crippen LogP contribution in [0.4, 0.5) is 18.9 Å². The third-order valence-corrected chi connectivity index (χ3v) is 3.24. The van der Waals surface area contributed by atoms with Crippen molar-refractivity contribution in [2.45, 2.75) is 6.54 Å². The molecule has 0 atom stereocenters. The minimum absolute atomic E-state index is 0.120. The molecule has 0 bridgehead atoms. The Morgan fingerprint density at radius 3 is 2.32 bits per heavy atom. The maximum Gasteiger partial charge on any atom is 0.196 e. The van der Waals surface area contributed by atoms with E-state index >= 15 is 0 Å². The van der Waals surface area contributed by atoms with E-state index in [9.17, 15) is 13.2 Å². The SMILES string of the molecule is Fc1ccc(NCc2ccc(Cl)c(Cl)c2)c(F)c1F. The van der Waals surface area contributed by atoms with Crippen molar-refractivity contribution in [1.29, 1.82) is 0 Å². The molecule has 100 valence electrons. The molecule has 19 heavy (non-hydrogen) atoms. The van der Waals surface area contributed by atoms with Crippen LogP contribution in [0, 0.1) is 17.5 Å². The second kappa shape index (κ2) is 5.72. The molecule has 6 heteroatoms. The molecule has 2 rings (SSSR count). The van der Waals surface area contributed by atoms with Crippen LogP contribution in [0.3, 0.4) is 0 Å². The van der Waals surface area contributed by atoms with Gasteiger partial charge in [-0.15, -0.1) is 0 Å². The van der Waals surface area contributed by atoms with Crippen LogP contribution in [0.2, 0.25) is 10.0 Å². The highest BCUT2D eigenvalue weighted by Crippen LogP contribution is 2.24. The Morgan fingerprint density at radius 1 is 0.895 bits per heavy atom. The van der Waals surface area contributed by atoms with Gasteiger partial charge in [-0.25, -0.2) is 13.2 Å². The van der Waals surface area contributed by atoms with Gasteiger partial charge in [-0.05, 0) is 29.8 Å². The molecule has 1 N–H and O–H groups in total. The highest BCUT2D eigenvalue weighted by molar-refractivity contribution is 6.42. The maximum atomic E-state index is 13.4. The molecule has 2 aromatic carbocycles. The molecule has 0 heterocycles. The fraction of sp³-hybridized carbons (Fsp3) is 0.0769. The normalized spacial score (nSPS) is 10.6. The summed E-state index contributed by atoms with van der Waals surface area (Å²) in [6.07, 6.45) is 0. The largest absolute Gasteiger partial charge is 0.379 e. The first-order valence-electron chi connectivity index (χ1n) is 5.30. The van der Waals surface area contributed by atoms with Gasteiger partial charge in [0.25, 0.3) is 0 Å². The minimum Gasteiger partial charge on any atom is -0.379 e. The Hall–Kier alpha value is -1.39. The minimum atomic E-state index is -1.50. The Balaban J connectivity index is 2.14. The molecular weight excluding hydrogens is 298 g/mol. The molecule has 0 unspecified atom stereocenters. The van der Waals surface area contributed by atoms with Crippen molar-refractivity contribution < 1.29 is 13.2 Å². The first-order valence-corrected chi connectivity index (χ1v) is 6.06. The lowest BCUT2D eigenvalue weighted by Crippen LogP contribution is -2.04. The van der Waals surface area contributed by atoms with Crippen LogP contribution >= 0.6 is 23.2 Å². The Bertz CT molecular complexity index is 617. The fourth-order valence-corrected chi connectivity index (χ4v) is 1.83. The average Bonchev–Trinajstić information content (AvgIpc) is 2.39. The number of benzene rings is 2. The summed E-state index contributed by atoms with van der Waals surface area (Å²) in [6.45, 7) is 0.207. The van der Waals surface area contributed by atoms with E-state index in [4.69, 9.17) is 23.2 Å². The first kappa shape index (κ1) is 14.0. The van der Waals surface area contributed by atoms with Crippen LogP contribution in [0.25, 0.3) is 0 Å². The van der Waals surface area contributed by atoms with Gasteiger partial charge >= 0.3 is 0 Å². The van der Waals surface area contributed by atoms with Crippen molar-refractivity contribution >= 4 is 28.9 Å². The summed E-state index contributed by atoms with van der Waals surface area (Å²) in [5, 5.41) is 3.43. The average molecular weight is 306 g/mol. The van der Waals surface area contributed by atoms with Gasteiger partial charge in [0.1, 0.15) is 0 Å². The Morgan fingerprint density at radius 2 is 1.63 bits per heavy atom. The molecule has 0 aliphatic carbocycles. The highest BCUT2D eigenvalue weighted by Gasteiger charge is 2.12. The van der Waals surface area contributed by atoms with Gasteiger partial charge in [0.2, 0.25) is 0 Å². The molecule has 0 aromatic heterocycles. The van der Waals surface area contributed by atoms with Crippen molar-refractivity contribution in [3.63, 3.8) is 0 Å². The topological polar surface area (TPSA) is 12.0 Å². The van der Waals surface area contributed by atoms with Crippen LogP contribution in [0.1, 0.15) is 5.56 Å². The number of hydrogen-bond acceptors (Lipinski definition) is 1. The molecule has 0 saturated heterocycles. The smallest absolute Gasteiger partial charge is 0.196 e. The number of halogens is 5. The van der Waals surface area contributed by atoms with Crippen LogP contribution in [0.5, 0.6) is 0 Å².